The Hall–Kier alpha value is -2.28. The van der Waals surface area contributed by atoms with Gasteiger partial charge in [-0.25, -0.2) is 0 Å². The third-order valence-electron chi connectivity index (χ3n) is 10.1. The fraction of sp³-hybridized carbons (Fsp3) is 0.724. The number of rotatable bonds is 6. The van der Waals surface area contributed by atoms with Crippen molar-refractivity contribution >= 4 is 23.5 Å². The highest BCUT2D eigenvalue weighted by Gasteiger charge is 2.70. The van der Waals surface area contributed by atoms with Gasteiger partial charge in [-0.1, -0.05) is 39.3 Å². The summed E-state index contributed by atoms with van der Waals surface area (Å²) < 4.78 is 11.5. The highest BCUT2D eigenvalue weighted by atomic mass is 16.6. The minimum absolute atomic E-state index is 0.00974. The molecule has 5 rings (SSSR count). The number of allylic oxidation sites excluding steroid dienone is 4. The topological polar surface area (TPSA) is 107 Å². The molecule has 0 amide bonds. The van der Waals surface area contributed by atoms with Crippen LogP contribution in [0.25, 0.3) is 0 Å². The summed E-state index contributed by atoms with van der Waals surface area (Å²) in [6, 6.07) is 0. The maximum Gasteiger partial charge on any atom is 0.309 e. The summed E-state index contributed by atoms with van der Waals surface area (Å²) in [5.74, 6) is -1.66. The molecule has 7 nitrogen and oxygen atoms in total. The largest absolute Gasteiger partial charge is 0.457 e. The number of carbonyl (C=O) groups is 4. The molecule has 1 N–H and O–H groups in total. The van der Waals surface area contributed by atoms with E-state index in [9.17, 15) is 24.3 Å². The Morgan fingerprint density at radius 3 is 2.53 bits per heavy atom. The highest BCUT2D eigenvalue weighted by Crippen LogP contribution is 2.68. The molecule has 0 spiro atoms. The maximum absolute atomic E-state index is 13.8. The van der Waals surface area contributed by atoms with Crippen LogP contribution < -0.4 is 0 Å². The molecule has 5 aliphatic carbocycles. The fourth-order valence-electron chi connectivity index (χ4n) is 7.99. The maximum atomic E-state index is 13.8. The zero-order valence-corrected chi connectivity index (χ0v) is 21.7. The molecule has 5 aliphatic rings. The van der Waals surface area contributed by atoms with Crippen LogP contribution in [0.1, 0.15) is 72.6 Å². The molecular formula is C29H38O7. The van der Waals surface area contributed by atoms with E-state index in [1.165, 1.54) is 0 Å². The molecule has 7 heteroatoms. The number of hydrogen-bond acceptors (Lipinski definition) is 7. The van der Waals surface area contributed by atoms with Crippen molar-refractivity contribution in [3.05, 3.63) is 23.8 Å². The second kappa shape index (κ2) is 8.64. The van der Waals surface area contributed by atoms with Crippen LogP contribution in [-0.4, -0.2) is 46.9 Å². The summed E-state index contributed by atoms with van der Waals surface area (Å²) in [6.07, 6.45) is 9.04. The van der Waals surface area contributed by atoms with Crippen molar-refractivity contribution in [3.63, 3.8) is 0 Å². The van der Waals surface area contributed by atoms with Crippen LogP contribution in [0.3, 0.4) is 0 Å². The molecule has 0 aromatic rings. The number of aliphatic hydroxyl groups excluding tert-OH is 1. The number of esters is 2. The third kappa shape index (κ3) is 3.72. The van der Waals surface area contributed by atoms with Crippen molar-refractivity contribution in [1.29, 1.82) is 0 Å². The average Bonchev–Trinajstić information content (AvgIpc) is 3.62. The van der Waals surface area contributed by atoms with E-state index in [1.807, 2.05) is 13.0 Å². The van der Waals surface area contributed by atoms with E-state index >= 15 is 0 Å². The normalized spacial score (nSPS) is 41.2. The van der Waals surface area contributed by atoms with Crippen molar-refractivity contribution in [2.75, 3.05) is 6.61 Å². The van der Waals surface area contributed by atoms with E-state index in [4.69, 9.17) is 9.47 Å². The summed E-state index contributed by atoms with van der Waals surface area (Å²) in [7, 11) is 0. The average molecular weight is 499 g/mol. The predicted molar refractivity (Wildman–Crippen MR) is 130 cm³/mol. The summed E-state index contributed by atoms with van der Waals surface area (Å²) in [6.45, 7) is 7.08. The van der Waals surface area contributed by atoms with E-state index in [1.54, 1.807) is 26.0 Å². The van der Waals surface area contributed by atoms with Gasteiger partial charge in [-0.3, -0.25) is 19.2 Å². The molecule has 0 aliphatic heterocycles. The third-order valence-corrected chi connectivity index (χ3v) is 10.1. The molecule has 0 saturated heterocycles. The number of fused-ring (bicyclic) bond motifs is 5. The molecule has 0 aromatic carbocycles. The SMILES string of the molecule is CC(C)C(=O)OCC(=O)[C@@]1(OC(=O)C2CC2)CCC2C3CCC4=CC(=O)C=C[C@]4(C)C3[C@@H](O)C[C@@]21C. The number of aliphatic hydroxyl groups is 1. The Kier molecular flexibility index (Phi) is 6.09. The van der Waals surface area contributed by atoms with Crippen LogP contribution >= 0.6 is 0 Å². The molecular weight excluding hydrogens is 460 g/mol. The Bertz CT molecular complexity index is 1050. The van der Waals surface area contributed by atoms with Gasteiger partial charge in [-0.2, -0.15) is 0 Å². The number of Topliss-reactive ketones (excluding diaryl/α,β-unsaturated/α-hetero) is 1. The van der Waals surface area contributed by atoms with Gasteiger partial charge in [0.05, 0.1) is 17.9 Å². The molecule has 3 unspecified atom stereocenters. The van der Waals surface area contributed by atoms with E-state index in [-0.39, 0.29) is 47.1 Å². The van der Waals surface area contributed by atoms with Crippen molar-refractivity contribution in [2.24, 2.45) is 40.4 Å². The second-order valence-electron chi connectivity index (χ2n) is 12.5. The minimum Gasteiger partial charge on any atom is -0.457 e. The Labute approximate surface area is 212 Å². The lowest BCUT2D eigenvalue weighted by Gasteiger charge is -2.59. The Morgan fingerprint density at radius 1 is 1.14 bits per heavy atom. The Balaban J connectivity index is 1.49. The zero-order chi connectivity index (χ0) is 26.0. The first-order valence-corrected chi connectivity index (χ1v) is 13.5. The van der Waals surface area contributed by atoms with E-state index in [2.05, 4.69) is 6.92 Å². The van der Waals surface area contributed by atoms with E-state index in [0.29, 0.717) is 19.3 Å². The van der Waals surface area contributed by atoms with Gasteiger partial charge in [-0.15, -0.1) is 0 Å². The molecule has 0 bridgehead atoms. The zero-order valence-electron chi connectivity index (χ0n) is 21.7. The van der Waals surface area contributed by atoms with Gasteiger partial charge in [0.1, 0.15) is 0 Å². The number of carbonyl (C=O) groups excluding carboxylic acids is 4. The van der Waals surface area contributed by atoms with E-state index < -0.39 is 35.1 Å². The van der Waals surface area contributed by atoms with Gasteiger partial charge in [-0.05, 0) is 68.9 Å². The first kappa shape index (κ1) is 25.4. The summed E-state index contributed by atoms with van der Waals surface area (Å²) in [5, 5.41) is 11.7. The van der Waals surface area contributed by atoms with Crippen LogP contribution in [0, 0.1) is 40.4 Å². The standard InChI is InChI=1S/C29H38O7/c1-16(2)25(33)35-15-23(32)29(36-26(34)17-5-6-17)12-10-21-20-8-7-18-13-19(30)9-11-27(18,3)24(20)22(31)14-28(21,29)4/h9,11,13,16-17,20-22,24,31H,5-8,10,12,14-15H2,1-4H3/t20?,21?,22-,24?,27-,28-,29-/m0/s1. The van der Waals surface area contributed by atoms with Gasteiger partial charge in [0.15, 0.2) is 18.0 Å². The highest BCUT2D eigenvalue weighted by molar-refractivity contribution is 6.01. The molecule has 0 radical (unpaired) electrons. The van der Waals surface area contributed by atoms with Crippen LogP contribution in [-0.2, 0) is 28.7 Å². The molecule has 4 saturated carbocycles. The summed E-state index contributed by atoms with van der Waals surface area (Å²) in [5.41, 5.74) is -1.54. The lowest BCUT2D eigenvalue weighted by molar-refractivity contribution is -0.202. The first-order chi connectivity index (χ1) is 16.9. The Morgan fingerprint density at radius 2 is 1.86 bits per heavy atom. The predicted octanol–water partition coefficient (Wildman–Crippen LogP) is 3.73. The van der Waals surface area contributed by atoms with Crippen LogP contribution in [0.2, 0.25) is 0 Å². The van der Waals surface area contributed by atoms with Gasteiger partial charge >= 0.3 is 11.9 Å². The lowest BCUT2D eigenvalue weighted by Crippen LogP contribution is -2.63. The van der Waals surface area contributed by atoms with Crippen molar-refractivity contribution in [3.8, 4) is 0 Å². The van der Waals surface area contributed by atoms with Gasteiger partial charge in [0.25, 0.3) is 0 Å². The smallest absolute Gasteiger partial charge is 0.309 e. The van der Waals surface area contributed by atoms with Gasteiger partial charge in [0, 0.05) is 16.7 Å². The van der Waals surface area contributed by atoms with Crippen LogP contribution in [0.5, 0.6) is 0 Å². The van der Waals surface area contributed by atoms with E-state index in [0.717, 1.165) is 31.3 Å². The quantitative estimate of drug-likeness (QED) is 0.556. The second-order valence-corrected chi connectivity index (χ2v) is 12.5. The summed E-state index contributed by atoms with van der Waals surface area (Å²) in [4.78, 5) is 51.0. The summed E-state index contributed by atoms with van der Waals surface area (Å²) >= 11 is 0. The number of hydrogen-bond donors (Lipinski definition) is 1. The van der Waals surface area contributed by atoms with Gasteiger partial charge < -0.3 is 14.6 Å². The first-order valence-electron chi connectivity index (χ1n) is 13.5. The molecule has 7 atom stereocenters. The fourth-order valence-corrected chi connectivity index (χ4v) is 7.99. The molecule has 0 aromatic heterocycles. The lowest BCUT2D eigenvalue weighted by atomic mass is 9.46. The molecule has 4 fully saturated rings. The minimum atomic E-state index is -1.42. The van der Waals surface area contributed by atoms with Crippen LogP contribution in [0.4, 0.5) is 0 Å². The molecule has 36 heavy (non-hydrogen) atoms. The molecule has 196 valence electrons. The van der Waals surface area contributed by atoms with Gasteiger partial charge in [0.2, 0.25) is 5.78 Å². The van der Waals surface area contributed by atoms with Crippen LogP contribution in [0.15, 0.2) is 23.8 Å². The van der Waals surface area contributed by atoms with Crippen molar-refractivity contribution in [1.82, 2.24) is 0 Å². The number of ketones is 2. The number of ether oxygens (including phenoxy) is 2. The molecule has 0 heterocycles. The van der Waals surface area contributed by atoms with Crippen molar-refractivity contribution in [2.45, 2.75) is 84.3 Å². The monoisotopic (exact) mass is 498 g/mol. The van der Waals surface area contributed by atoms with Crippen molar-refractivity contribution < 1.29 is 33.8 Å².